The molecule has 6 nitrogen and oxygen atoms in total. The minimum absolute atomic E-state index is 0.254. The third-order valence-corrected chi connectivity index (χ3v) is 4.28. The van der Waals surface area contributed by atoms with E-state index in [1.165, 1.54) is 45.7 Å². The molecule has 1 fully saturated rings. The van der Waals surface area contributed by atoms with Crippen LogP contribution in [0.1, 0.15) is 31.4 Å². The first kappa shape index (κ1) is 15.7. The van der Waals surface area contributed by atoms with Gasteiger partial charge < -0.3 is 9.47 Å². The zero-order chi connectivity index (χ0) is 16.2. The summed E-state index contributed by atoms with van der Waals surface area (Å²) in [4.78, 5) is 15.2. The molecule has 0 radical (unpaired) electrons. The Bertz CT molecular complexity index is 649. The van der Waals surface area contributed by atoms with Crippen LogP contribution in [0.4, 0.5) is 0 Å². The number of ether oxygens (including phenoxy) is 2. The monoisotopic (exact) mass is 314 g/mol. The Hall–Kier alpha value is -2.21. The minimum Gasteiger partial charge on any atom is -0.467 e. The lowest BCUT2D eigenvalue weighted by Crippen LogP contribution is -2.23. The van der Waals surface area contributed by atoms with Crippen LogP contribution in [0, 0.1) is 0 Å². The maximum atomic E-state index is 5.13. The van der Waals surface area contributed by atoms with E-state index in [1.54, 1.807) is 0 Å². The molecule has 0 bridgehead atoms. The molecule has 1 aromatic heterocycles. The topological polar surface area (TPSA) is 60.4 Å². The van der Waals surface area contributed by atoms with Gasteiger partial charge in [0.2, 0.25) is 0 Å². The Morgan fingerprint density at radius 3 is 2.26 bits per heavy atom. The van der Waals surface area contributed by atoms with Crippen molar-refractivity contribution in [3.05, 3.63) is 29.8 Å². The van der Waals surface area contributed by atoms with Gasteiger partial charge in [-0.2, -0.15) is 9.97 Å². The molecule has 0 amide bonds. The SMILES string of the molecule is COc1nc(OC)nc(-c2cccc(C(C)N3CCCC3)c2)n1. The molecular formula is C17H22N4O2. The summed E-state index contributed by atoms with van der Waals surface area (Å²) in [7, 11) is 3.06. The van der Waals surface area contributed by atoms with Crippen LogP contribution < -0.4 is 9.47 Å². The van der Waals surface area contributed by atoms with Crippen molar-refractivity contribution in [1.82, 2.24) is 19.9 Å². The van der Waals surface area contributed by atoms with E-state index in [1.807, 2.05) is 12.1 Å². The van der Waals surface area contributed by atoms with Crippen molar-refractivity contribution in [2.45, 2.75) is 25.8 Å². The molecule has 0 saturated carbocycles. The maximum absolute atomic E-state index is 5.13. The summed E-state index contributed by atoms with van der Waals surface area (Å²) in [5, 5.41) is 0. The maximum Gasteiger partial charge on any atom is 0.322 e. The summed E-state index contributed by atoms with van der Waals surface area (Å²) in [6, 6.07) is 9.23. The fourth-order valence-corrected chi connectivity index (χ4v) is 2.93. The second-order valence-corrected chi connectivity index (χ2v) is 5.68. The third-order valence-electron chi connectivity index (χ3n) is 4.28. The highest BCUT2D eigenvalue weighted by molar-refractivity contribution is 5.56. The highest BCUT2D eigenvalue weighted by atomic mass is 16.5. The van der Waals surface area contributed by atoms with Crippen molar-refractivity contribution in [2.75, 3.05) is 27.3 Å². The summed E-state index contributed by atoms with van der Waals surface area (Å²) >= 11 is 0. The number of aromatic nitrogens is 3. The van der Waals surface area contributed by atoms with Gasteiger partial charge in [-0.15, -0.1) is 4.98 Å². The minimum atomic E-state index is 0.254. The van der Waals surface area contributed by atoms with Gasteiger partial charge in [-0.3, -0.25) is 4.90 Å². The van der Waals surface area contributed by atoms with E-state index in [4.69, 9.17) is 9.47 Å². The smallest absolute Gasteiger partial charge is 0.322 e. The average molecular weight is 314 g/mol. The van der Waals surface area contributed by atoms with Crippen LogP contribution in [-0.2, 0) is 0 Å². The molecule has 1 atom stereocenters. The van der Waals surface area contributed by atoms with Crippen LogP contribution in [-0.4, -0.2) is 47.2 Å². The Morgan fingerprint density at radius 2 is 1.65 bits per heavy atom. The summed E-state index contributed by atoms with van der Waals surface area (Å²) in [6.45, 7) is 4.58. The number of hydrogen-bond acceptors (Lipinski definition) is 6. The molecule has 0 N–H and O–H groups in total. The summed E-state index contributed by atoms with van der Waals surface area (Å²) in [5.41, 5.74) is 2.20. The van der Waals surface area contributed by atoms with Crippen molar-refractivity contribution in [1.29, 1.82) is 0 Å². The van der Waals surface area contributed by atoms with E-state index in [-0.39, 0.29) is 12.0 Å². The first-order valence-corrected chi connectivity index (χ1v) is 7.89. The molecule has 2 aromatic rings. The Labute approximate surface area is 136 Å². The summed E-state index contributed by atoms with van der Waals surface area (Å²) < 4.78 is 10.3. The molecule has 3 rings (SSSR count). The first-order chi connectivity index (χ1) is 11.2. The van der Waals surface area contributed by atoms with Crippen molar-refractivity contribution in [3.8, 4) is 23.4 Å². The molecule has 1 unspecified atom stereocenters. The van der Waals surface area contributed by atoms with E-state index >= 15 is 0 Å². The van der Waals surface area contributed by atoms with E-state index in [2.05, 4.69) is 38.9 Å². The molecule has 1 saturated heterocycles. The number of methoxy groups -OCH3 is 2. The van der Waals surface area contributed by atoms with Crippen LogP contribution in [0.2, 0.25) is 0 Å². The summed E-state index contributed by atoms with van der Waals surface area (Å²) in [5.74, 6) is 0.559. The lowest BCUT2D eigenvalue weighted by molar-refractivity contribution is 0.263. The number of likely N-dealkylation sites (tertiary alicyclic amines) is 1. The number of benzene rings is 1. The zero-order valence-corrected chi connectivity index (χ0v) is 13.8. The van der Waals surface area contributed by atoms with Gasteiger partial charge in [0, 0.05) is 11.6 Å². The van der Waals surface area contributed by atoms with Crippen molar-refractivity contribution in [2.24, 2.45) is 0 Å². The largest absolute Gasteiger partial charge is 0.467 e. The molecule has 23 heavy (non-hydrogen) atoms. The standard InChI is InChI=1S/C17H22N4O2/c1-12(21-9-4-5-10-21)13-7-6-8-14(11-13)15-18-16(22-2)20-17(19-15)23-3/h6-8,11-12H,4-5,9-10H2,1-3H3. The van der Waals surface area contributed by atoms with Crippen LogP contribution in [0.15, 0.2) is 24.3 Å². The highest BCUT2D eigenvalue weighted by Gasteiger charge is 2.20. The fourth-order valence-electron chi connectivity index (χ4n) is 2.93. The van der Waals surface area contributed by atoms with E-state index < -0.39 is 0 Å². The van der Waals surface area contributed by atoms with Crippen molar-refractivity contribution in [3.63, 3.8) is 0 Å². The van der Waals surface area contributed by atoms with E-state index in [0.29, 0.717) is 11.9 Å². The molecule has 2 heterocycles. The van der Waals surface area contributed by atoms with Crippen LogP contribution >= 0.6 is 0 Å². The van der Waals surface area contributed by atoms with Gasteiger partial charge in [0.25, 0.3) is 0 Å². The normalized spacial score (nSPS) is 16.3. The van der Waals surface area contributed by atoms with Gasteiger partial charge >= 0.3 is 12.0 Å². The number of nitrogens with zero attached hydrogens (tertiary/aromatic N) is 4. The number of rotatable bonds is 5. The Morgan fingerprint density at radius 1 is 1.00 bits per heavy atom. The average Bonchev–Trinajstić information content (AvgIpc) is 3.15. The molecule has 0 aliphatic carbocycles. The van der Waals surface area contributed by atoms with Crippen LogP contribution in [0.5, 0.6) is 12.0 Å². The van der Waals surface area contributed by atoms with Crippen molar-refractivity contribution < 1.29 is 9.47 Å². The Balaban J connectivity index is 1.93. The van der Waals surface area contributed by atoms with Crippen LogP contribution in [0.3, 0.4) is 0 Å². The Kier molecular flexibility index (Phi) is 4.71. The highest BCUT2D eigenvalue weighted by Crippen LogP contribution is 2.28. The quantitative estimate of drug-likeness (QED) is 0.845. The summed E-state index contributed by atoms with van der Waals surface area (Å²) in [6.07, 6.45) is 2.57. The van der Waals surface area contributed by atoms with E-state index in [0.717, 1.165) is 5.56 Å². The van der Waals surface area contributed by atoms with Gasteiger partial charge in [-0.1, -0.05) is 18.2 Å². The first-order valence-electron chi connectivity index (χ1n) is 7.89. The molecule has 122 valence electrons. The predicted molar refractivity (Wildman–Crippen MR) is 87.6 cm³/mol. The molecular weight excluding hydrogens is 292 g/mol. The molecule has 6 heteroatoms. The number of hydrogen-bond donors (Lipinski definition) is 0. The van der Waals surface area contributed by atoms with Gasteiger partial charge in [-0.05, 0) is 44.5 Å². The van der Waals surface area contributed by atoms with Gasteiger partial charge in [0.15, 0.2) is 5.82 Å². The third kappa shape index (κ3) is 3.42. The molecule has 0 spiro atoms. The molecule has 1 aliphatic rings. The van der Waals surface area contributed by atoms with Gasteiger partial charge in [-0.25, -0.2) is 0 Å². The van der Waals surface area contributed by atoms with Crippen molar-refractivity contribution >= 4 is 0 Å². The second-order valence-electron chi connectivity index (χ2n) is 5.68. The second kappa shape index (κ2) is 6.91. The van der Waals surface area contributed by atoms with Crippen LogP contribution in [0.25, 0.3) is 11.4 Å². The zero-order valence-electron chi connectivity index (χ0n) is 13.8. The fraction of sp³-hybridized carbons (Fsp3) is 0.471. The lowest BCUT2D eigenvalue weighted by atomic mass is 10.0. The van der Waals surface area contributed by atoms with E-state index in [9.17, 15) is 0 Å². The predicted octanol–water partition coefficient (Wildman–Crippen LogP) is 2.71. The van der Waals surface area contributed by atoms with Gasteiger partial charge in [0.1, 0.15) is 0 Å². The van der Waals surface area contributed by atoms with Gasteiger partial charge in [0.05, 0.1) is 14.2 Å². The molecule has 1 aliphatic heterocycles. The molecule has 1 aromatic carbocycles. The lowest BCUT2D eigenvalue weighted by Gasteiger charge is -2.24.